The minimum atomic E-state index is -0.810. The van der Waals surface area contributed by atoms with Gasteiger partial charge in [0.2, 0.25) is 5.82 Å². The Kier molecular flexibility index (Phi) is 4.62. The predicted molar refractivity (Wildman–Crippen MR) is 86.4 cm³/mol. The van der Waals surface area contributed by atoms with Crippen LogP contribution in [-0.2, 0) is 6.42 Å². The van der Waals surface area contributed by atoms with Crippen molar-refractivity contribution in [3.8, 4) is 5.69 Å². The molecule has 0 bridgehead atoms. The average Bonchev–Trinajstić information content (AvgIpc) is 2.95. The van der Waals surface area contributed by atoms with E-state index in [2.05, 4.69) is 15.4 Å². The summed E-state index contributed by atoms with van der Waals surface area (Å²) in [5.41, 5.74) is -0.541. The molecular weight excluding hydrogens is 311 g/mol. The Bertz CT molecular complexity index is 740. The van der Waals surface area contributed by atoms with Crippen molar-refractivity contribution in [3.63, 3.8) is 0 Å². The molecule has 7 heteroatoms. The molecule has 0 spiro atoms. The Balaban J connectivity index is 1.83. The number of amides is 1. The minimum absolute atomic E-state index is 0.00961. The molecule has 0 atom stereocenters. The third-order valence-corrected chi connectivity index (χ3v) is 4.29. The van der Waals surface area contributed by atoms with Crippen molar-refractivity contribution < 1.29 is 14.3 Å². The number of carbonyl (C=O) groups is 1. The zero-order valence-electron chi connectivity index (χ0n) is 13.6. The number of nitrogens with one attached hydrogen (secondary N) is 1. The fourth-order valence-electron chi connectivity index (χ4n) is 2.73. The van der Waals surface area contributed by atoms with Crippen LogP contribution >= 0.6 is 0 Å². The Morgan fingerprint density at radius 2 is 2.17 bits per heavy atom. The van der Waals surface area contributed by atoms with E-state index in [0.29, 0.717) is 25.1 Å². The van der Waals surface area contributed by atoms with E-state index in [4.69, 9.17) is 0 Å². The topological polar surface area (TPSA) is 80.0 Å². The first-order chi connectivity index (χ1) is 11.5. The molecule has 1 aliphatic carbocycles. The third-order valence-electron chi connectivity index (χ3n) is 4.29. The molecule has 0 unspecified atom stereocenters. The molecule has 24 heavy (non-hydrogen) atoms. The average molecular weight is 332 g/mol. The second-order valence-electron chi connectivity index (χ2n) is 6.23. The lowest BCUT2D eigenvalue weighted by atomic mass is 9.80. The molecule has 1 heterocycles. The van der Waals surface area contributed by atoms with Gasteiger partial charge in [0, 0.05) is 13.0 Å². The summed E-state index contributed by atoms with van der Waals surface area (Å²) in [6.07, 6.45) is 3.72. The molecule has 2 N–H and O–H groups in total. The Hall–Kier alpha value is -2.28. The largest absolute Gasteiger partial charge is 0.388 e. The molecule has 0 radical (unpaired) electrons. The van der Waals surface area contributed by atoms with E-state index in [9.17, 15) is 14.3 Å². The first-order valence-electron chi connectivity index (χ1n) is 8.24. The van der Waals surface area contributed by atoms with Crippen LogP contribution in [0.1, 0.15) is 49.1 Å². The number of para-hydroxylation sites is 1. The second-order valence-corrected chi connectivity index (χ2v) is 6.23. The lowest BCUT2D eigenvalue weighted by Crippen LogP contribution is -2.47. The van der Waals surface area contributed by atoms with Gasteiger partial charge in [-0.25, -0.2) is 14.1 Å². The van der Waals surface area contributed by atoms with Crippen LogP contribution in [-0.4, -0.2) is 37.9 Å². The normalized spacial score (nSPS) is 15.8. The van der Waals surface area contributed by atoms with E-state index in [0.717, 1.165) is 12.8 Å². The van der Waals surface area contributed by atoms with Gasteiger partial charge in [-0.3, -0.25) is 4.79 Å². The van der Waals surface area contributed by atoms with E-state index in [1.54, 1.807) is 18.2 Å². The van der Waals surface area contributed by atoms with Crippen LogP contribution in [0.5, 0.6) is 0 Å². The first kappa shape index (κ1) is 16.6. The standard InChI is InChI=1S/C17H21FN4O2/c1-2-6-14-20-15(16(23)19-11-17(24)9-5-10-17)21-22(14)13-8-4-3-7-12(13)18/h3-4,7-8,24H,2,5-6,9-11H2,1H3,(H,19,23). The summed E-state index contributed by atoms with van der Waals surface area (Å²) in [5.74, 6) is -0.349. The summed E-state index contributed by atoms with van der Waals surface area (Å²) in [4.78, 5) is 16.5. The smallest absolute Gasteiger partial charge is 0.291 e. The fourth-order valence-corrected chi connectivity index (χ4v) is 2.73. The molecule has 0 saturated heterocycles. The summed E-state index contributed by atoms with van der Waals surface area (Å²) < 4.78 is 15.4. The van der Waals surface area contributed by atoms with Gasteiger partial charge in [-0.2, -0.15) is 0 Å². The van der Waals surface area contributed by atoms with Crippen molar-refractivity contribution in [3.05, 3.63) is 41.7 Å². The quantitative estimate of drug-likeness (QED) is 0.848. The maximum absolute atomic E-state index is 14.0. The number of benzene rings is 1. The molecule has 3 rings (SSSR count). The molecular formula is C17H21FN4O2. The van der Waals surface area contributed by atoms with Crippen molar-refractivity contribution in [1.29, 1.82) is 0 Å². The van der Waals surface area contributed by atoms with Gasteiger partial charge in [-0.15, -0.1) is 5.10 Å². The molecule has 1 fully saturated rings. The Morgan fingerprint density at radius 1 is 1.42 bits per heavy atom. The lowest BCUT2D eigenvalue weighted by molar-refractivity contribution is -0.0301. The fraction of sp³-hybridized carbons (Fsp3) is 0.471. The summed E-state index contributed by atoms with van der Waals surface area (Å²) in [6, 6.07) is 6.25. The Labute approximate surface area is 139 Å². The van der Waals surface area contributed by atoms with Crippen LogP contribution in [0.2, 0.25) is 0 Å². The van der Waals surface area contributed by atoms with Crippen LogP contribution in [0.15, 0.2) is 24.3 Å². The number of aliphatic hydroxyl groups is 1. The van der Waals surface area contributed by atoms with Crippen LogP contribution < -0.4 is 5.32 Å². The van der Waals surface area contributed by atoms with Gasteiger partial charge in [-0.05, 0) is 37.8 Å². The molecule has 1 saturated carbocycles. The highest BCUT2D eigenvalue weighted by Gasteiger charge is 2.35. The van der Waals surface area contributed by atoms with Crippen molar-refractivity contribution in [1.82, 2.24) is 20.1 Å². The maximum Gasteiger partial charge on any atom is 0.291 e. The highest BCUT2D eigenvalue weighted by molar-refractivity contribution is 5.90. The van der Waals surface area contributed by atoms with Crippen LogP contribution in [0, 0.1) is 5.82 Å². The molecule has 0 aliphatic heterocycles. The van der Waals surface area contributed by atoms with Crippen LogP contribution in [0.4, 0.5) is 4.39 Å². The Morgan fingerprint density at radius 3 is 2.79 bits per heavy atom. The molecule has 1 aromatic heterocycles. The highest BCUT2D eigenvalue weighted by atomic mass is 19.1. The monoisotopic (exact) mass is 332 g/mol. The van der Waals surface area contributed by atoms with E-state index < -0.39 is 17.3 Å². The number of carbonyl (C=O) groups excluding carboxylic acids is 1. The molecule has 6 nitrogen and oxygen atoms in total. The predicted octanol–water partition coefficient (Wildman–Crippen LogP) is 2.00. The van der Waals surface area contributed by atoms with E-state index in [1.165, 1.54) is 10.7 Å². The summed E-state index contributed by atoms with van der Waals surface area (Å²) in [5, 5.41) is 16.9. The number of aryl methyl sites for hydroxylation is 1. The van der Waals surface area contributed by atoms with Crippen LogP contribution in [0.3, 0.4) is 0 Å². The van der Waals surface area contributed by atoms with Crippen molar-refractivity contribution in [2.45, 2.75) is 44.6 Å². The minimum Gasteiger partial charge on any atom is -0.388 e. The maximum atomic E-state index is 14.0. The SMILES string of the molecule is CCCc1nc(C(=O)NCC2(O)CCC2)nn1-c1ccccc1F. The molecule has 128 valence electrons. The number of hydrogen-bond donors (Lipinski definition) is 2. The van der Waals surface area contributed by atoms with Gasteiger partial charge in [-0.1, -0.05) is 19.1 Å². The van der Waals surface area contributed by atoms with E-state index >= 15 is 0 Å². The lowest BCUT2D eigenvalue weighted by Gasteiger charge is -2.36. The van der Waals surface area contributed by atoms with Gasteiger partial charge < -0.3 is 10.4 Å². The summed E-state index contributed by atoms with van der Waals surface area (Å²) in [7, 11) is 0. The van der Waals surface area contributed by atoms with Crippen molar-refractivity contribution in [2.75, 3.05) is 6.54 Å². The van der Waals surface area contributed by atoms with Gasteiger partial charge >= 0.3 is 0 Å². The van der Waals surface area contributed by atoms with Crippen LogP contribution in [0.25, 0.3) is 5.69 Å². The zero-order valence-corrected chi connectivity index (χ0v) is 13.6. The number of rotatable bonds is 6. The van der Waals surface area contributed by atoms with Gasteiger partial charge in [0.25, 0.3) is 5.91 Å². The summed E-state index contributed by atoms with van der Waals surface area (Å²) in [6.45, 7) is 2.16. The van der Waals surface area contributed by atoms with Gasteiger partial charge in [0.05, 0.1) is 5.60 Å². The number of aromatic nitrogens is 3. The van der Waals surface area contributed by atoms with Crippen molar-refractivity contribution in [2.24, 2.45) is 0 Å². The van der Waals surface area contributed by atoms with E-state index in [-0.39, 0.29) is 18.1 Å². The first-order valence-corrected chi connectivity index (χ1v) is 8.24. The molecule has 1 amide bonds. The van der Waals surface area contributed by atoms with Crippen molar-refractivity contribution >= 4 is 5.91 Å². The number of halogens is 1. The zero-order chi connectivity index (χ0) is 17.2. The highest BCUT2D eigenvalue weighted by Crippen LogP contribution is 2.30. The van der Waals surface area contributed by atoms with E-state index in [1.807, 2.05) is 6.92 Å². The van der Waals surface area contributed by atoms with Gasteiger partial charge in [0.1, 0.15) is 17.3 Å². The molecule has 1 aromatic carbocycles. The molecule has 2 aromatic rings. The van der Waals surface area contributed by atoms with Gasteiger partial charge in [0.15, 0.2) is 0 Å². The number of nitrogens with zero attached hydrogens (tertiary/aromatic N) is 3. The molecule has 1 aliphatic rings. The number of hydrogen-bond acceptors (Lipinski definition) is 4. The second kappa shape index (κ2) is 6.68. The summed E-state index contributed by atoms with van der Waals surface area (Å²) >= 11 is 0. The third kappa shape index (κ3) is 3.31.